The first-order chi connectivity index (χ1) is 33.3. The highest BCUT2D eigenvalue weighted by Crippen LogP contribution is 2.63. The smallest absolute Gasteiger partial charge is 0.0726 e. The topological polar surface area (TPSA) is 8.17 Å². The third-order valence-corrected chi connectivity index (χ3v) is 14.6. The van der Waals surface area contributed by atoms with Gasteiger partial charge in [0.15, 0.2) is 0 Å². The predicted octanol–water partition coefficient (Wildman–Crippen LogP) is 17.1. The van der Waals surface area contributed by atoms with Crippen LogP contribution in [0.25, 0.3) is 82.8 Å². The minimum atomic E-state index is -0.493. The Kier molecular flexibility index (Phi) is 8.23. The Bertz CT molecular complexity index is 3830. The molecule has 1 spiro atoms. The summed E-state index contributed by atoms with van der Waals surface area (Å²) >= 11 is 0. The maximum Gasteiger partial charge on any atom is 0.0726 e. The third-order valence-electron chi connectivity index (χ3n) is 14.6. The van der Waals surface area contributed by atoms with Gasteiger partial charge in [0.1, 0.15) is 0 Å². The SMILES string of the molecule is c1ccc(-c2cccc3cccc(-c4ccccc4N(c4ccc5c(c4)C4(c6ccccc6-c6ccccc64)c4ccccc4-5)c4ccccc4-n4c5ccccc5c5ccccc54)c23)cc1. The summed E-state index contributed by atoms with van der Waals surface area (Å²) in [4.78, 5) is 2.54. The van der Waals surface area contributed by atoms with E-state index < -0.39 is 5.41 Å². The molecule has 0 fully saturated rings. The van der Waals surface area contributed by atoms with Gasteiger partial charge < -0.3 is 9.47 Å². The van der Waals surface area contributed by atoms with Gasteiger partial charge in [-0.25, -0.2) is 0 Å². The van der Waals surface area contributed by atoms with Gasteiger partial charge in [0.25, 0.3) is 0 Å². The number of hydrogen-bond acceptors (Lipinski definition) is 1. The van der Waals surface area contributed by atoms with Crippen LogP contribution >= 0.6 is 0 Å². The Morgan fingerprint density at radius 3 is 1.43 bits per heavy atom. The van der Waals surface area contributed by atoms with Crippen molar-refractivity contribution < 1.29 is 0 Å². The predicted molar refractivity (Wildman–Crippen MR) is 280 cm³/mol. The number of benzene rings is 11. The van der Waals surface area contributed by atoms with Crippen molar-refractivity contribution >= 4 is 49.6 Å². The maximum absolute atomic E-state index is 2.54. The molecular formula is C65H42N2. The molecule has 0 saturated heterocycles. The van der Waals surface area contributed by atoms with E-state index in [2.05, 4.69) is 264 Å². The molecule has 2 aliphatic rings. The zero-order valence-corrected chi connectivity index (χ0v) is 36.6. The summed E-state index contributed by atoms with van der Waals surface area (Å²) in [5.41, 5.74) is 21.5. The molecule has 0 saturated carbocycles. The second-order valence-electron chi connectivity index (χ2n) is 17.9. The highest BCUT2D eigenvalue weighted by Gasteiger charge is 2.51. The lowest BCUT2D eigenvalue weighted by Crippen LogP contribution is -2.26. The molecule has 2 nitrogen and oxygen atoms in total. The van der Waals surface area contributed by atoms with Gasteiger partial charge in [0, 0.05) is 22.0 Å². The standard InChI is InChI=1S/C65H42N2/c1-2-20-43(21-3-1)46-30-18-22-44-23-19-31-54(64(44)46)53-29-9-13-35-59(53)66(62-38-16-17-39-63(62)67-60-36-14-7-27-51(60)52-28-8-15-37-61(52)67)45-40-41-50-49-26-6-12-34-57(49)65(58(50)42-45)55-32-10-4-24-47(55)48-25-5-11-33-56(48)65/h1-42H. The molecule has 1 heterocycles. The molecule has 0 unspecified atom stereocenters. The molecule has 1 aromatic heterocycles. The summed E-state index contributed by atoms with van der Waals surface area (Å²) in [6, 6.07) is 94.5. The average molecular weight is 851 g/mol. The number of anilines is 3. The van der Waals surface area contributed by atoms with E-state index in [1.165, 1.54) is 93.8 Å². The number of fused-ring (bicyclic) bond motifs is 14. The monoisotopic (exact) mass is 850 g/mol. The second kappa shape index (κ2) is 14.7. The van der Waals surface area contributed by atoms with Crippen LogP contribution in [0.4, 0.5) is 17.1 Å². The van der Waals surface area contributed by atoms with Gasteiger partial charge in [-0.15, -0.1) is 0 Å². The quantitative estimate of drug-likeness (QED) is 0.162. The Hall–Kier alpha value is -8.72. The fourth-order valence-corrected chi connectivity index (χ4v) is 12.0. The molecule has 0 amide bonds. The van der Waals surface area contributed by atoms with Gasteiger partial charge in [-0.3, -0.25) is 0 Å². The van der Waals surface area contributed by atoms with Crippen molar-refractivity contribution in [3.05, 3.63) is 277 Å². The Morgan fingerprint density at radius 1 is 0.313 bits per heavy atom. The molecule has 0 radical (unpaired) electrons. The van der Waals surface area contributed by atoms with Crippen molar-refractivity contribution in [2.24, 2.45) is 0 Å². The van der Waals surface area contributed by atoms with Crippen LogP contribution in [0.1, 0.15) is 22.3 Å². The normalized spacial score (nSPS) is 12.9. The highest BCUT2D eigenvalue weighted by molar-refractivity contribution is 6.11. The van der Waals surface area contributed by atoms with E-state index in [9.17, 15) is 0 Å². The van der Waals surface area contributed by atoms with Gasteiger partial charge >= 0.3 is 0 Å². The summed E-state index contributed by atoms with van der Waals surface area (Å²) in [7, 11) is 0. The lowest BCUT2D eigenvalue weighted by atomic mass is 9.70. The van der Waals surface area contributed by atoms with Crippen molar-refractivity contribution in [2.45, 2.75) is 5.41 Å². The van der Waals surface area contributed by atoms with Gasteiger partial charge in [0.05, 0.1) is 33.5 Å². The van der Waals surface area contributed by atoms with Gasteiger partial charge in [-0.1, -0.05) is 212 Å². The van der Waals surface area contributed by atoms with Crippen molar-refractivity contribution in [2.75, 3.05) is 4.90 Å². The van der Waals surface area contributed by atoms with E-state index in [1.807, 2.05) is 0 Å². The van der Waals surface area contributed by atoms with Crippen molar-refractivity contribution in [1.82, 2.24) is 4.57 Å². The third kappa shape index (κ3) is 5.33. The largest absolute Gasteiger partial charge is 0.308 e. The van der Waals surface area contributed by atoms with Crippen LogP contribution in [0.15, 0.2) is 255 Å². The number of aromatic nitrogens is 1. The van der Waals surface area contributed by atoms with E-state index in [0.717, 1.165) is 28.3 Å². The molecular weight excluding hydrogens is 809 g/mol. The summed E-state index contributed by atoms with van der Waals surface area (Å²) < 4.78 is 2.47. The zero-order chi connectivity index (χ0) is 44.1. The summed E-state index contributed by atoms with van der Waals surface area (Å²) in [6.07, 6.45) is 0. The second-order valence-corrected chi connectivity index (χ2v) is 17.9. The molecule has 0 N–H and O–H groups in total. The van der Waals surface area contributed by atoms with Crippen LogP contribution in [-0.4, -0.2) is 4.57 Å². The van der Waals surface area contributed by atoms with E-state index in [4.69, 9.17) is 0 Å². The number of rotatable bonds is 6. The zero-order valence-electron chi connectivity index (χ0n) is 36.6. The van der Waals surface area contributed by atoms with Crippen LogP contribution in [0.5, 0.6) is 0 Å². The molecule has 0 aliphatic heterocycles. The first-order valence-electron chi connectivity index (χ1n) is 23.3. The first-order valence-corrected chi connectivity index (χ1v) is 23.3. The molecule has 0 atom stereocenters. The van der Waals surface area contributed by atoms with Crippen LogP contribution in [0.2, 0.25) is 0 Å². The molecule has 11 aromatic carbocycles. The molecule has 12 aromatic rings. The Morgan fingerprint density at radius 2 is 0.791 bits per heavy atom. The number of hydrogen-bond donors (Lipinski definition) is 0. The van der Waals surface area contributed by atoms with E-state index in [-0.39, 0.29) is 0 Å². The van der Waals surface area contributed by atoms with Gasteiger partial charge in [-0.05, 0) is 114 Å². The van der Waals surface area contributed by atoms with E-state index in [1.54, 1.807) is 0 Å². The van der Waals surface area contributed by atoms with Crippen LogP contribution in [0.3, 0.4) is 0 Å². The first kappa shape index (κ1) is 37.6. The van der Waals surface area contributed by atoms with Crippen molar-refractivity contribution in [3.63, 3.8) is 0 Å². The molecule has 0 bridgehead atoms. The molecule has 14 rings (SSSR count). The fourth-order valence-electron chi connectivity index (χ4n) is 12.0. The van der Waals surface area contributed by atoms with E-state index >= 15 is 0 Å². The van der Waals surface area contributed by atoms with Crippen LogP contribution in [0, 0.1) is 0 Å². The molecule has 312 valence electrons. The summed E-state index contributed by atoms with van der Waals surface area (Å²) in [5.74, 6) is 0. The van der Waals surface area contributed by atoms with Gasteiger partial charge in [0.2, 0.25) is 0 Å². The lowest BCUT2D eigenvalue weighted by Gasteiger charge is -2.33. The van der Waals surface area contributed by atoms with E-state index in [0.29, 0.717) is 0 Å². The molecule has 67 heavy (non-hydrogen) atoms. The Balaban J connectivity index is 1.09. The highest BCUT2D eigenvalue weighted by atomic mass is 15.2. The van der Waals surface area contributed by atoms with Crippen molar-refractivity contribution in [3.8, 4) is 50.2 Å². The summed E-state index contributed by atoms with van der Waals surface area (Å²) in [5, 5.41) is 4.92. The summed E-state index contributed by atoms with van der Waals surface area (Å²) in [6.45, 7) is 0. The maximum atomic E-state index is 2.54. The lowest BCUT2D eigenvalue weighted by molar-refractivity contribution is 0.793. The van der Waals surface area contributed by atoms with Crippen LogP contribution < -0.4 is 4.90 Å². The fraction of sp³-hybridized carbons (Fsp3) is 0.0154. The minimum absolute atomic E-state index is 0.493. The number of para-hydroxylation sites is 5. The van der Waals surface area contributed by atoms with Crippen LogP contribution in [-0.2, 0) is 5.41 Å². The van der Waals surface area contributed by atoms with Crippen molar-refractivity contribution in [1.29, 1.82) is 0 Å². The molecule has 2 heteroatoms. The number of nitrogens with zero attached hydrogens (tertiary/aromatic N) is 2. The molecule has 2 aliphatic carbocycles. The minimum Gasteiger partial charge on any atom is -0.308 e. The van der Waals surface area contributed by atoms with Gasteiger partial charge in [-0.2, -0.15) is 0 Å². The average Bonchev–Trinajstić information content (AvgIpc) is 4.01. The Labute approximate surface area is 389 Å².